The summed E-state index contributed by atoms with van der Waals surface area (Å²) in [6, 6.07) is 10.6. The molecule has 150 valence electrons. The normalized spacial score (nSPS) is 12.6. The molecule has 28 heavy (non-hydrogen) atoms. The fraction of sp³-hybridized carbons (Fsp3) is 0.300. The highest BCUT2D eigenvalue weighted by Crippen LogP contribution is 2.18. The average molecular weight is 405 g/mol. The third-order valence-electron chi connectivity index (χ3n) is 4.41. The minimum Gasteiger partial charge on any atom is -0.451 e. The van der Waals surface area contributed by atoms with Gasteiger partial charge >= 0.3 is 5.97 Å². The zero-order valence-corrected chi connectivity index (χ0v) is 17.2. The number of ether oxygens (including phenoxy) is 1. The molecular formula is C20H23NO6S. The van der Waals surface area contributed by atoms with Crippen LogP contribution in [0.25, 0.3) is 0 Å². The zero-order valence-electron chi connectivity index (χ0n) is 16.4. The third kappa shape index (κ3) is 4.64. The fourth-order valence-electron chi connectivity index (χ4n) is 2.44. The summed E-state index contributed by atoms with van der Waals surface area (Å²) in [5, 5.41) is 0. The van der Waals surface area contributed by atoms with E-state index < -0.39 is 22.1 Å². The van der Waals surface area contributed by atoms with E-state index in [1.165, 1.54) is 45.3 Å². The monoisotopic (exact) mass is 405 g/mol. The molecule has 0 fully saturated rings. The van der Waals surface area contributed by atoms with Crippen molar-refractivity contribution in [3.63, 3.8) is 0 Å². The van der Waals surface area contributed by atoms with Crippen LogP contribution in [0.2, 0.25) is 0 Å². The van der Waals surface area contributed by atoms with Gasteiger partial charge in [0.15, 0.2) is 6.10 Å². The number of hydrogen-bond donors (Lipinski definition) is 0. The first-order valence-corrected chi connectivity index (χ1v) is 9.97. The van der Waals surface area contributed by atoms with Gasteiger partial charge in [-0.25, -0.2) is 13.2 Å². The van der Waals surface area contributed by atoms with Crippen LogP contribution in [0.3, 0.4) is 0 Å². The topological polar surface area (TPSA) is 90.0 Å². The van der Waals surface area contributed by atoms with Gasteiger partial charge in [-0.1, -0.05) is 22.7 Å². The maximum atomic E-state index is 12.5. The number of carbonyl (C=O) groups excluding carboxylic acids is 2. The second-order valence-electron chi connectivity index (χ2n) is 6.34. The lowest BCUT2D eigenvalue weighted by Crippen LogP contribution is -2.26. The molecule has 0 saturated carbocycles. The number of Topliss-reactive ketones (excluding diaryl/α,β-unsaturated/α-hetero) is 1. The van der Waals surface area contributed by atoms with Gasteiger partial charge in [0.05, 0.1) is 17.6 Å². The van der Waals surface area contributed by atoms with Crippen molar-refractivity contribution in [3.05, 3.63) is 64.7 Å². The number of benzene rings is 2. The Bertz CT molecular complexity index is 1000. The minimum absolute atomic E-state index is 0.0188. The highest BCUT2D eigenvalue weighted by molar-refractivity contribution is 7.89. The number of sulfonamides is 1. The van der Waals surface area contributed by atoms with E-state index in [2.05, 4.69) is 0 Å². The SMILES string of the molecule is CON(C)S(=O)(=O)c1cccc(C(=O)O[C@H](C)C(=O)c2ccc(C)c(C)c2)c1. The van der Waals surface area contributed by atoms with Crippen molar-refractivity contribution in [1.29, 1.82) is 0 Å². The maximum absolute atomic E-state index is 12.5. The molecule has 2 aromatic rings. The van der Waals surface area contributed by atoms with Gasteiger partial charge < -0.3 is 4.74 Å². The molecule has 2 aromatic carbocycles. The van der Waals surface area contributed by atoms with Crippen LogP contribution < -0.4 is 0 Å². The summed E-state index contributed by atoms with van der Waals surface area (Å²) >= 11 is 0. The van der Waals surface area contributed by atoms with Gasteiger partial charge in [0.25, 0.3) is 10.0 Å². The highest BCUT2D eigenvalue weighted by Gasteiger charge is 2.24. The molecule has 0 heterocycles. The van der Waals surface area contributed by atoms with Crippen LogP contribution in [0.5, 0.6) is 0 Å². The molecule has 0 aliphatic heterocycles. The molecule has 8 heteroatoms. The lowest BCUT2D eigenvalue weighted by Gasteiger charge is -2.15. The molecule has 0 aliphatic rings. The summed E-state index contributed by atoms with van der Waals surface area (Å²) in [6.07, 6.45) is -1.02. The summed E-state index contributed by atoms with van der Waals surface area (Å²) in [6.45, 7) is 5.32. The standard InChI is InChI=1S/C20H23NO6S/c1-13-9-10-16(11-14(13)2)19(22)15(3)27-20(23)17-7-6-8-18(12-17)28(24,25)21(4)26-5/h6-12,15H,1-5H3/t15-/m1/s1. The average Bonchev–Trinajstić information content (AvgIpc) is 2.68. The molecule has 0 aliphatic carbocycles. The van der Waals surface area contributed by atoms with Gasteiger partial charge in [-0.05, 0) is 56.2 Å². The lowest BCUT2D eigenvalue weighted by atomic mass is 10.0. The van der Waals surface area contributed by atoms with E-state index in [-0.39, 0.29) is 16.2 Å². The predicted octanol–water partition coefficient (Wildman–Crippen LogP) is 2.91. The molecule has 2 rings (SSSR count). The van der Waals surface area contributed by atoms with Gasteiger partial charge in [-0.3, -0.25) is 9.63 Å². The summed E-state index contributed by atoms with van der Waals surface area (Å²) in [5.74, 6) is -1.12. The van der Waals surface area contributed by atoms with E-state index in [4.69, 9.17) is 9.57 Å². The maximum Gasteiger partial charge on any atom is 0.338 e. The largest absolute Gasteiger partial charge is 0.451 e. The Labute approximate surface area is 164 Å². The van der Waals surface area contributed by atoms with E-state index >= 15 is 0 Å². The van der Waals surface area contributed by atoms with Crippen molar-refractivity contribution in [2.75, 3.05) is 14.2 Å². The second-order valence-corrected chi connectivity index (χ2v) is 8.27. The molecule has 0 amide bonds. The van der Waals surface area contributed by atoms with Crippen LogP contribution in [0, 0.1) is 13.8 Å². The van der Waals surface area contributed by atoms with Crippen LogP contribution >= 0.6 is 0 Å². The first kappa shape index (κ1) is 21.7. The molecule has 0 radical (unpaired) electrons. The number of carbonyl (C=O) groups is 2. The summed E-state index contributed by atoms with van der Waals surface area (Å²) in [4.78, 5) is 29.5. The van der Waals surface area contributed by atoms with Gasteiger partial charge in [0.1, 0.15) is 0 Å². The molecular weight excluding hydrogens is 382 g/mol. The number of rotatable bonds is 7. The molecule has 7 nitrogen and oxygen atoms in total. The first-order valence-electron chi connectivity index (χ1n) is 8.53. The number of ketones is 1. The van der Waals surface area contributed by atoms with Crippen molar-refractivity contribution in [1.82, 2.24) is 4.47 Å². The quantitative estimate of drug-likeness (QED) is 0.400. The number of hydroxylamine groups is 1. The smallest absolute Gasteiger partial charge is 0.338 e. The van der Waals surface area contributed by atoms with Crippen molar-refractivity contribution in [2.45, 2.75) is 31.8 Å². The van der Waals surface area contributed by atoms with Crippen molar-refractivity contribution >= 4 is 21.8 Å². The molecule has 0 bridgehead atoms. The van der Waals surface area contributed by atoms with Gasteiger partial charge in [0.2, 0.25) is 5.78 Å². The van der Waals surface area contributed by atoms with E-state index in [0.29, 0.717) is 10.0 Å². The Morgan fingerprint density at radius 2 is 1.68 bits per heavy atom. The molecule has 0 N–H and O–H groups in total. The van der Waals surface area contributed by atoms with Crippen LogP contribution in [-0.4, -0.2) is 44.9 Å². The van der Waals surface area contributed by atoms with E-state index in [1.807, 2.05) is 19.9 Å². The van der Waals surface area contributed by atoms with Gasteiger partial charge in [-0.15, -0.1) is 0 Å². The Morgan fingerprint density at radius 3 is 2.29 bits per heavy atom. The molecule has 0 spiro atoms. The minimum atomic E-state index is -3.91. The fourth-order valence-corrected chi connectivity index (χ4v) is 3.46. The molecule has 0 aromatic heterocycles. The predicted molar refractivity (Wildman–Crippen MR) is 104 cm³/mol. The van der Waals surface area contributed by atoms with E-state index in [1.54, 1.807) is 12.1 Å². The van der Waals surface area contributed by atoms with Crippen molar-refractivity contribution in [3.8, 4) is 0 Å². The number of esters is 1. The van der Waals surface area contributed by atoms with Crippen LogP contribution in [0.1, 0.15) is 38.8 Å². The molecule has 0 saturated heterocycles. The van der Waals surface area contributed by atoms with E-state index in [0.717, 1.165) is 11.1 Å². The number of aryl methyl sites for hydroxylation is 2. The van der Waals surface area contributed by atoms with Crippen LogP contribution in [-0.2, 0) is 19.6 Å². The molecule has 1 atom stereocenters. The Balaban J connectivity index is 2.19. The summed E-state index contributed by atoms with van der Waals surface area (Å²) < 4.78 is 30.5. The first-order chi connectivity index (χ1) is 13.1. The Kier molecular flexibility index (Phi) is 6.71. The Morgan fingerprint density at radius 1 is 1.00 bits per heavy atom. The van der Waals surface area contributed by atoms with Gasteiger partial charge in [0, 0.05) is 12.6 Å². The van der Waals surface area contributed by atoms with Crippen molar-refractivity contribution in [2.24, 2.45) is 0 Å². The van der Waals surface area contributed by atoms with Crippen LogP contribution in [0.4, 0.5) is 0 Å². The third-order valence-corrected chi connectivity index (χ3v) is 6.08. The highest BCUT2D eigenvalue weighted by atomic mass is 32.2. The Hall–Kier alpha value is -2.55. The zero-order chi connectivity index (χ0) is 21.1. The second kappa shape index (κ2) is 8.64. The number of nitrogens with zero attached hydrogens (tertiary/aromatic N) is 1. The van der Waals surface area contributed by atoms with E-state index in [9.17, 15) is 18.0 Å². The van der Waals surface area contributed by atoms with Crippen LogP contribution in [0.15, 0.2) is 47.4 Å². The number of hydrogen-bond acceptors (Lipinski definition) is 6. The molecule has 0 unspecified atom stereocenters. The lowest BCUT2D eigenvalue weighted by molar-refractivity contribution is -0.0258. The summed E-state index contributed by atoms with van der Waals surface area (Å²) in [7, 11) is -1.45. The van der Waals surface area contributed by atoms with Gasteiger partial charge in [-0.2, -0.15) is 0 Å². The summed E-state index contributed by atoms with van der Waals surface area (Å²) in [5.41, 5.74) is 2.48. The van der Waals surface area contributed by atoms with Crippen molar-refractivity contribution < 1.29 is 27.6 Å².